The Bertz CT molecular complexity index is 645. The number of hydrogen-bond donors (Lipinski definition) is 1. The van der Waals surface area contributed by atoms with Crippen LogP contribution in [0.15, 0.2) is 0 Å². The minimum atomic E-state index is -0.784. The van der Waals surface area contributed by atoms with Crippen molar-refractivity contribution in [3.05, 3.63) is 16.5 Å². The summed E-state index contributed by atoms with van der Waals surface area (Å²) in [7, 11) is 1.78. The van der Waals surface area contributed by atoms with Crippen LogP contribution in [0.2, 0.25) is 0 Å². The van der Waals surface area contributed by atoms with Gasteiger partial charge in [-0.3, -0.25) is 9.59 Å². The van der Waals surface area contributed by atoms with Crippen molar-refractivity contribution in [2.75, 3.05) is 6.61 Å². The van der Waals surface area contributed by atoms with Crippen LogP contribution in [-0.2, 0) is 27.8 Å². The van der Waals surface area contributed by atoms with Crippen LogP contribution < -0.4 is 10.7 Å². The van der Waals surface area contributed by atoms with Crippen molar-refractivity contribution in [1.82, 2.24) is 9.55 Å². The molecule has 6 heteroatoms. The van der Waals surface area contributed by atoms with E-state index in [-0.39, 0.29) is 12.4 Å². The summed E-state index contributed by atoms with van der Waals surface area (Å²) in [5.41, 5.74) is 0.347. The third-order valence-corrected chi connectivity index (χ3v) is 3.37. The maximum atomic E-state index is 11.4. The lowest BCUT2D eigenvalue weighted by molar-refractivity contribution is -0.143. The predicted molar refractivity (Wildman–Crippen MR) is 72.0 cm³/mol. The number of esters is 1. The number of nitrogens with zero attached hydrogens (tertiary/aromatic N) is 2. The maximum Gasteiger partial charge on any atom is 0.306 e. The van der Waals surface area contributed by atoms with Crippen LogP contribution >= 0.6 is 0 Å². The molecule has 0 amide bonds. The normalized spacial score (nSPS) is 17.4. The lowest BCUT2D eigenvalue weighted by atomic mass is 10.0. The summed E-state index contributed by atoms with van der Waals surface area (Å²) in [5.74, 6) is 0.435. The molecule has 1 aromatic heterocycles. The van der Waals surface area contributed by atoms with Gasteiger partial charge in [0.2, 0.25) is 0 Å². The second-order valence-electron chi connectivity index (χ2n) is 4.65. The number of fused-ring (bicyclic) bond motifs is 1. The first-order valence-corrected chi connectivity index (χ1v) is 6.63. The number of hydrogen-bond acceptors (Lipinski definition) is 5. The van der Waals surface area contributed by atoms with Gasteiger partial charge in [-0.15, -0.1) is 0 Å². The topological polar surface area (TPSA) is 81.4 Å². The lowest BCUT2D eigenvalue weighted by Crippen LogP contribution is -2.38. The largest absolute Gasteiger partial charge is 0.466 e. The molecule has 1 aliphatic carbocycles. The van der Waals surface area contributed by atoms with Crippen LogP contribution in [-0.4, -0.2) is 39.6 Å². The smallest absolute Gasteiger partial charge is 0.306 e. The molecule has 1 aromatic rings. The van der Waals surface area contributed by atoms with E-state index in [9.17, 15) is 14.7 Å². The Kier molecular flexibility index (Phi) is 4.34. The fourth-order valence-electron chi connectivity index (χ4n) is 2.36. The highest BCUT2D eigenvalue weighted by Gasteiger charge is 2.19. The monoisotopic (exact) mass is 278 g/mol. The number of imidazole rings is 1. The fraction of sp³-hybridized carbons (Fsp3) is 0.500. The minimum Gasteiger partial charge on any atom is -0.466 e. The highest BCUT2D eigenvalue weighted by atomic mass is 16.5. The van der Waals surface area contributed by atoms with Gasteiger partial charge in [-0.1, -0.05) is 6.08 Å². The van der Waals surface area contributed by atoms with E-state index in [1.807, 2.05) is 0 Å². The summed E-state index contributed by atoms with van der Waals surface area (Å²) in [6.45, 7) is 2.12. The molecule has 1 N–H and O–H groups in total. The number of carbonyl (C=O) groups is 2. The standard InChI is InChI=1S/C14H18N2O4/c1-3-20-13(19)7-6-12-15-10-4-5-11(18)9(8-17)14(10)16(12)2/h4,8,11,18H,3,5-7H2,1-2H3. The van der Waals surface area contributed by atoms with E-state index < -0.39 is 6.10 Å². The lowest BCUT2D eigenvalue weighted by Gasteiger charge is -2.11. The molecule has 6 nitrogen and oxygen atoms in total. The number of aryl methyl sites for hydroxylation is 1. The molecular formula is C14H18N2O4. The van der Waals surface area contributed by atoms with E-state index in [2.05, 4.69) is 4.98 Å². The first kappa shape index (κ1) is 14.5. The van der Waals surface area contributed by atoms with E-state index in [1.54, 1.807) is 24.6 Å². The Hall–Kier alpha value is -1.95. The van der Waals surface area contributed by atoms with Crippen LogP contribution in [0.5, 0.6) is 0 Å². The summed E-state index contributed by atoms with van der Waals surface area (Å²) in [4.78, 5) is 26.9. The Morgan fingerprint density at radius 3 is 3.05 bits per heavy atom. The van der Waals surface area contributed by atoms with Crippen molar-refractivity contribution in [3.63, 3.8) is 0 Å². The van der Waals surface area contributed by atoms with Gasteiger partial charge in [-0.25, -0.2) is 4.98 Å². The summed E-state index contributed by atoms with van der Waals surface area (Å²) < 4.78 is 6.64. The molecule has 1 aliphatic rings. The molecule has 1 atom stereocenters. The summed E-state index contributed by atoms with van der Waals surface area (Å²) >= 11 is 0. The molecule has 0 fully saturated rings. The summed E-state index contributed by atoms with van der Waals surface area (Å²) in [6.07, 6.45) is 2.77. The van der Waals surface area contributed by atoms with E-state index in [0.717, 1.165) is 0 Å². The van der Waals surface area contributed by atoms with E-state index in [0.29, 0.717) is 47.8 Å². The van der Waals surface area contributed by atoms with E-state index in [1.165, 1.54) is 0 Å². The van der Waals surface area contributed by atoms with Crippen molar-refractivity contribution in [1.29, 1.82) is 0 Å². The van der Waals surface area contributed by atoms with Crippen molar-refractivity contribution < 1.29 is 19.4 Å². The number of rotatable bonds is 5. The number of aldehydes is 1. The second kappa shape index (κ2) is 6.00. The van der Waals surface area contributed by atoms with Crippen molar-refractivity contribution in [3.8, 4) is 0 Å². The average Bonchev–Trinajstić information content (AvgIpc) is 2.74. The van der Waals surface area contributed by atoms with Gasteiger partial charge < -0.3 is 14.4 Å². The molecule has 0 aliphatic heterocycles. The second-order valence-corrected chi connectivity index (χ2v) is 4.65. The maximum absolute atomic E-state index is 11.4. The third kappa shape index (κ3) is 2.65. The SMILES string of the molecule is CCOC(=O)CCc1nc2c(n1C)=C(C=O)C(O)CC=2. The van der Waals surface area contributed by atoms with Gasteiger partial charge in [-0.2, -0.15) is 0 Å². The molecular weight excluding hydrogens is 260 g/mol. The average molecular weight is 278 g/mol. The Morgan fingerprint density at radius 2 is 2.40 bits per heavy atom. The Balaban J connectivity index is 2.34. The fourth-order valence-corrected chi connectivity index (χ4v) is 2.36. The van der Waals surface area contributed by atoms with Gasteiger partial charge >= 0.3 is 5.97 Å². The van der Waals surface area contributed by atoms with E-state index >= 15 is 0 Å². The molecule has 20 heavy (non-hydrogen) atoms. The number of aliphatic hydroxyl groups is 1. The Morgan fingerprint density at radius 1 is 1.65 bits per heavy atom. The molecule has 108 valence electrons. The quantitative estimate of drug-likeness (QED) is 0.541. The number of carbonyl (C=O) groups excluding carboxylic acids is 2. The molecule has 0 bridgehead atoms. The Labute approximate surface area is 116 Å². The van der Waals surface area contributed by atoms with Gasteiger partial charge in [-0.05, 0) is 13.3 Å². The molecule has 0 radical (unpaired) electrons. The zero-order valence-corrected chi connectivity index (χ0v) is 11.6. The molecule has 0 aromatic carbocycles. The van der Waals surface area contributed by atoms with Crippen LogP contribution in [0.1, 0.15) is 25.6 Å². The van der Waals surface area contributed by atoms with Crippen molar-refractivity contribution >= 4 is 23.9 Å². The first-order chi connectivity index (χ1) is 9.58. The van der Waals surface area contributed by atoms with Crippen molar-refractivity contribution in [2.24, 2.45) is 7.05 Å². The van der Waals surface area contributed by atoms with Gasteiger partial charge in [0.1, 0.15) is 5.82 Å². The van der Waals surface area contributed by atoms with Crippen molar-refractivity contribution in [2.45, 2.75) is 32.3 Å². The summed E-state index contributed by atoms with van der Waals surface area (Å²) in [6, 6.07) is 0. The molecule has 2 rings (SSSR count). The molecule has 0 spiro atoms. The highest BCUT2D eigenvalue weighted by Crippen LogP contribution is 2.07. The molecule has 1 heterocycles. The zero-order valence-electron chi connectivity index (χ0n) is 11.6. The number of aromatic nitrogens is 2. The van der Waals surface area contributed by atoms with Crippen LogP contribution in [0.4, 0.5) is 0 Å². The minimum absolute atomic E-state index is 0.247. The number of aliphatic hydroxyl groups excluding tert-OH is 1. The first-order valence-electron chi connectivity index (χ1n) is 6.63. The van der Waals surface area contributed by atoms with Crippen LogP contribution in [0.25, 0.3) is 11.6 Å². The van der Waals surface area contributed by atoms with Crippen LogP contribution in [0.3, 0.4) is 0 Å². The van der Waals surface area contributed by atoms with Gasteiger partial charge in [0.25, 0.3) is 0 Å². The van der Waals surface area contributed by atoms with E-state index in [4.69, 9.17) is 4.74 Å². The number of ether oxygens (including phenoxy) is 1. The predicted octanol–water partition coefficient (Wildman–Crippen LogP) is -1.19. The zero-order chi connectivity index (χ0) is 14.7. The van der Waals surface area contributed by atoms with Gasteiger partial charge in [0.05, 0.1) is 29.8 Å². The van der Waals surface area contributed by atoms with Crippen LogP contribution in [0, 0.1) is 0 Å². The van der Waals surface area contributed by atoms with Gasteiger partial charge in [0.15, 0.2) is 6.29 Å². The summed E-state index contributed by atoms with van der Waals surface area (Å²) in [5, 5.41) is 11.2. The van der Waals surface area contributed by atoms with Gasteiger partial charge in [0, 0.05) is 19.0 Å². The highest BCUT2D eigenvalue weighted by molar-refractivity contribution is 6.00. The third-order valence-electron chi connectivity index (χ3n) is 3.37. The molecule has 0 saturated heterocycles. The molecule has 0 saturated carbocycles. The molecule has 1 unspecified atom stereocenters.